The van der Waals surface area contributed by atoms with Gasteiger partial charge in [-0.05, 0) is 44.9 Å². The van der Waals surface area contributed by atoms with Gasteiger partial charge in [-0.3, -0.25) is 4.79 Å². The molecule has 5 heteroatoms. The van der Waals surface area contributed by atoms with E-state index < -0.39 is 0 Å². The molecule has 1 aromatic carbocycles. The van der Waals surface area contributed by atoms with Crippen molar-refractivity contribution in [3.05, 3.63) is 35.4 Å². The maximum atomic E-state index is 12.3. The van der Waals surface area contributed by atoms with Gasteiger partial charge in [0.05, 0.1) is 6.54 Å². The third-order valence-corrected chi connectivity index (χ3v) is 4.09. The summed E-state index contributed by atoms with van der Waals surface area (Å²) in [5, 5.41) is 6.63. The van der Waals surface area contributed by atoms with E-state index in [1.54, 1.807) is 0 Å². The van der Waals surface area contributed by atoms with Gasteiger partial charge in [0.25, 0.3) is 5.91 Å². The van der Waals surface area contributed by atoms with Crippen LogP contribution in [0.1, 0.15) is 62.9 Å². The Bertz CT molecular complexity index is 521. The highest BCUT2D eigenvalue weighted by molar-refractivity contribution is 5.94. The number of nitrogens with zero attached hydrogens (tertiary/aromatic N) is 2. The molecule has 0 saturated carbocycles. The van der Waals surface area contributed by atoms with E-state index in [9.17, 15) is 4.79 Å². The zero-order valence-corrected chi connectivity index (χ0v) is 16.3. The highest BCUT2D eigenvalue weighted by Gasteiger charge is 2.11. The third kappa shape index (κ3) is 7.59. The second-order valence-corrected chi connectivity index (χ2v) is 6.00. The minimum atomic E-state index is 0.0889. The summed E-state index contributed by atoms with van der Waals surface area (Å²) in [6, 6.07) is 7.77. The lowest BCUT2D eigenvalue weighted by molar-refractivity contribution is 0.0773. The van der Waals surface area contributed by atoms with Crippen molar-refractivity contribution in [3.8, 4) is 0 Å². The van der Waals surface area contributed by atoms with Crippen LogP contribution >= 0.6 is 0 Å². The summed E-state index contributed by atoms with van der Waals surface area (Å²) in [6.45, 7) is 12.1. The Labute approximate surface area is 152 Å². The summed E-state index contributed by atoms with van der Waals surface area (Å²) in [6.07, 6.45) is 3.60. The van der Waals surface area contributed by atoms with Crippen molar-refractivity contribution >= 4 is 11.9 Å². The second kappa shape index (κ2) is 12.3. The van der Waals surface area contributed by atoms with Crippen LogP contribution in [-0.4, -0.2) is 42.9 Å². The van der Waals surface area contributed by atoms with Crippen LogP contribution in [0.5, 0.6) is 0 Å². The van der Waals surface area contributed by atoms with Crippen LogP contribution in [-0.2, 0) is 6.54 Å². The third-order valence-electron chi connectivity index (χ3n) is 4.09. The van der Waals surface area contributed by atoms with Crippen molar-refractivity contribution in [2.45, 2.75) is 53.5 Å². The maximum absolute atomic E-state index is 12.3. The van der Waals surface area contributed by atoms with Crippen LogP contribution in [0.15, 0.2) is 29.3 Å². The molecule has 0 heterocycles. The number of amides is 1. The molecule has 1 rings (SSSR count). The highest BCUT2D eigenvalue weighted by atomic mass is 16.2. The number of unbranched alkanes of at least 4 members (excludes halogenated alkanes) is 2. The molecule has 0 unspecified atom stereocenters. The molecule has 0 bridgehead atoms. The Morgan fingerprint density at radius 2 is 1.68 bits per heavy atom. The number of benzene rings is 1. The Hall–Kier alpha value is -2.04. The average Bonchev–Trinajstić information content (AvgIpc) is 2.64. The molecule has 0 fully saturated rings. The molecule has 0 aromatic heterocycles. The number of guanidine groups is 1. The lowest BCUT2D eigenvalue weighted by Gasteiger charge is -2.18. The van der Waals surface area contributed by atoms with E-state index in [-0.39, 0.29) is 5.91 Å². The predicted molar refractivity (Wildman–Crippen MR) is 106 cm³/mol. The SMILES string of the molecule is CCCCCNC(=NCc1ccc(C(=O)N(CC)CC)cc1)NCC. The minimum Gasteiger partial charge on any atom is -0.357 e. The molecule has 0 spiro atoms. The van der Waals surface area contributed by atoms with Crippen LogP contribution < -0.4 is 10.6 Å². The van der Waals surface area contributed by atoms with Gasteiger partial charge in [-0.25, -0.2) is 4.99 Å². The number of hydrogen-bond donors (Lipinski definition) is 2. The molecule has 0 saturated heterocycles. The first kappa shape index (κ1) is 21.0. The van der Waals surface area contributed by atoms with E-state index >= 15 is 0 Å². The summed E-state index contributed by atoms with van der Waals surface area (Å²) < 4.78 is 0. The number of rotatable bonds is 10. The number of aliphatic imine (C=N–C) groups is 1. The number of hydrogen-bond acceptors (Lipinski definition) is 2. The Kier molecular flexibility index (Phi) is 10.4. The highest BCUT2D eigenvalue weighted by Crippen LogP contribution is 2.09. The number of carbonyl (C=O) groups excluding carboxylic acids is 1. The van der Waals surface area contributed by atoms with E-state index in [1.807, 2.05) is 43.0 Å². The largest absolute Gasteiger partial charge is 0.357 e. The number of carbonyl (C=O) groups is 1. The predicted octanol–water partition coefficient (Wildman–Crippen LogP) is 3.41. The molecule has 25 heavy (non-hydrogen) atoms. The Morgan fingerprint density at radius 3 is 2.24 bits per heavy atom. The Morgan fingerprint density at radius 1 is 1.00 bits per heavy atom. The molecule has 5 nitrogen and oxygen atoms in total. The van der Waals surface area contributed by atoms with Gasteiger partial charge in [0.1, 0.15) is 0 Å². The zero-order chi connectivity index (χ0) is 18.5. The summed E-state index contributed by atoms with van der Waals surface area (Å²) in [5.74, 6) is 0.938. The molecule has 1 aromatic rings. The van der Waals surface area contributed by atoms with Crippen LogP contribution in [0.2, 0.25) is 0 Å². The molecule has 0 aliphatic rings. The van der Waals surface area contributed by atoms with Gasteiger partial charge >= 0.3 is 0 Å². The first-order valence-corrected chi connectivity index (χ1v) is 9.56. The molecule has 1 amide bonds. The van der Waals surface area contributed by atoms with Gasteiger partial charge in [-0.15, -0.1) is 0 Å². The maximum Gasteiger partial charge on any atom is 0.253 e. The summed E-state index contributed by atoms with van der Waals surface area (Å²) >= 11 is 0. The van der Waals surface area contributed by atoms with Crippen LogP contribution in [0, 0.1) is 0 Å². The summed E-state index contributed by atoms with van der Waals surface area (Å²) in [4.78, 5) is 18.8. The van der Waals surface area contributed by atoms with Gasteiger partial charge < -0.3 is 15.5 Å². The van der Waals surface area contributed by atoms with Crippen LogP contribution in [0.4, 0.5) is 0 Å². The molecular weight excluding hydrogens is 312 g/mol. The molecular formula is C20H34N4O. The fraction of sp³-hybridized carbons (Fsp3) is 0.600. The normalized spacial score (nSPS) is 11.3. The Balaban J connectivity index is 2.63. The van der Waals surface area contributed by atoms with E-state index in [0.717, 1.165) is 49.7 Å². The van der Waals surface area contributed by atoms with E-state index in [4.69, 9.17) is 0 Å². The van der Waals surface area contributed by atoms with Crippen molar-refractivity contribution in [3.63, 3.8) is 0 Å². The van der Waals surface area contributed by atoms with E-state index in [0.29, 0.717) is 6.54 Å². The van der Waals surface area contributed by atoms with Crippen molar-refractivity contribution < 1.29 is 4.79 Å². The summed E-state index contributed by atoms with van der Waals surface area (Å²) in [7, 11) is 0. The molecule has 140 valence electrons. The van der Waals surface area contributed by atoms with Gasteiger partial charge in [-0.2, -0.15) is 0 Å². The zero-order valence-electron chi connectivity index (χ0n) is 16.3. The van der Waals surface area contributed by atoms with E-state index in [1.165, 1.54) is 12.8 Å². The van der Waals surface area contributed by atoms with Gasteiger partial charge in [0.2, 0.25) is 0 Å². The van der Waals surface area contributed by atoms with Crippen LogP contribution in [0.25, 0.3) is 0 Å². The van der Waals surface area contributed by atoms with Crippen molar-refractivity contribution in [1.29, 1.82) is 0 Å². The van der Waals surface area contributed by atoms with E-state index in [2.05, 4.69) is 29.5 Å². The smallest absolute Gasteiger partial charge is 0.253 e. The second-order valence-electron chi connectivity index (χ2n) is 6.00. The van der Waals surface area contributed by atoms with Gasteiger partial charge in [0.15, 0.2) is 5.96 Å². The standard InChI is InChI=1S/C20H34N4O/c1-5-9-10-15-22-20(21-6-2)23-16-17-11-13-18(14-12-17)19(25)24(7-3)8-4/h11-14H,5-10,15-16H2,1-4H3,(H2,21,22,23). The number of nitrogens with one attached hydrogen (secondary N) is 2. The molecule has 0 atom stereocenters. The van der Waals surface area contributed by atoms with Gasteiger partial charge in [0, 0.05) is 31.7 Å². The fourth-order valence-electron chi connectivity index (χ4n) is 2.54. The topological polar surface area (TPSA) is 56.7 Å². The first-order chi connectivity index (χ1) is 12.2. The minimum absolute atomic E-state index is 0.0889. The lowest BCUT2D eigenvalue weighted by Crippen LogP contribution is -2.37. The lowest BCUT2D eigenvalue weighted by atomic mass is 10.1. The molecule has 0 radical (unpaired) electrons. The first-order valence-electron chi connectivity index (χ1n) is 9.56. The molecule has 2 N–H and O–H groups in total. The van der Waals surface area contributed by atoms with Crippen molar-refractivity contribution in [1.82, 2.24) is 15.5 Å². The van der Waals surface area contributed by atoms with Crippen LogP contribution in [0.3, 0.4) is 0 Å². The quantitative estimate of drug-likeness (QED) is 0.388. The fourth-order valence-corrected chi connectivity index (χ4v) is 2.54. The monoisotopic (exact) mass is 346 g/mol. The molecule has 0 aliphatic carbocycles. The van der Waals surface area contributed by atoms with Gasteiger partial charge in [-0.1, -0.05) is 31.9 Å². The van der Waals surface area contributed by atoms with Crippen molar-refractivity contribution in [2.75, 3.05) is 26.2 Å². The summed E-state index contributed by atoms with van der Waals surface area (Å²) in [5.41, 5.74) is 1.84. The van der Waals surface area contributed by atoms with Crippen molar-refractivity contribution in [2.24, 2.45) is 4.99 Å². The average molecular weight is 347 g/mol. The molecule has 0 aliphatic heterocycles.